The first kappa shape index (κ1) is 17.4. The Labute approximate surface area is 140 Å². The van der Waals surface area contributed by atoms with Crippen LogP contribution in [0.4, 0.5) is 4.79 Å². The van der Waals surface area contributed by atoms with Crippen LogP contribution in [0.5, 0.6) is 0 Å². The van der Waals surface area contributed by atoms with Crippen molar-refractivity contribution in [1.29, 1.82) is 0 Å². The van der Waals surface area contributed by atoms with Crippen molar-refractivity contribution in [2.45, 2.75) is 32.9 Å². The fourth-order valence-corrected chi connectivity index (χ4v) is 3.03. The molecule has 0 bridgehead atoms. The molecule has 0 aliphatic heterocycles. The van der Waals surface area contributed by atoms with Gasteiger partial charge in [-0.3, -0.25) is 0 Å². The van der Waals surface area contributed by atoms with Gasteiger partial charge in [-0.25, -0.2) is 9.78 Å². The van der Waals surface area contributed by atoms with E-state index in [4.69, 9.17) is 0 Å². The standard InChI is InChI=1S/C17H23N3O2S/c1-12(8-13(2)21)9-18-17(22)19-10-16-20-15(11-23-16)14-6-4-3-5-7-14/h3-7,11-13,21H,8-10H2,1-2H3,(H2,18,19,22). The SMILES string of the molecule is CC(O)CC(C)CNC(=O)NCc1nc(-c2ccccc2)cs1. The Kier molecular flexibility index (Phi) is 6.55. The molecular weight excluding hydrogens is 310 g/mol. The number of thiazole rings is 1. The van der Waals surface area contributed by atoms with Gasteiger partial charge in [-0.1, -0.05) is 37.3 Å². The van der Waals surface area contributed by atoms with Gasteiger partial charge in [-0.2, -0.15) is 0 Å². The highest BCUT2D eigenvalue weighted by Gasteiger charge is 2.09. The average Bonchev–Trinajstić information content (AvgIpc) is 3.00. The minimum Gasteiger partial charge on any atom is -0.393 e. The van der Waals surface area contributed by atoms with Gasteiger partial charge in [0.25, 0.3) is 0 Å². The molecule has 0 aliphatic carbocycles. The third-order valence-electron chi connectivity index (χ3n) is 3.38. The van der Waals surface area contributed by atoms with E-state index in [1.165, 1.54) is 11.3 Å². The number of rotatable bonds is 7. The Bertz CT molecular complexity index is 613. The van der Waals surface area contributed by atoms with Crippen molar-refractivity contribution < 1.29 is 9.90 Å². The van der Waals surface area contributed by atoms with E-state index in [1.807, 2.05) is 42.6 Å². The minimum absolute atomic E-state index is 0.209. The van der Waals surface area contributed by atoms with Crippen molar-refractivity contribution in [2.24, 2.45) is 5.92 Å². The van der Waals surface area contributed by atoms with Crippen molar-refractivity contribution in [3.8, 4) is 11.3 Å². The van der Waals surface area contributed by atoms with Crippen LogP contribution in [0.15, 0.2) is 35.7 Å². The quantitative estimate of drug-likeness (QED) is 0.729. The van der Waals surface area contributed by atoms with E-state index >= 15 is 0 Å². The Balaban J connectivity index is 1.76. The first-order valence-electron chi connectivity index (χ1n) is 7.74. The van der Waals surface area contributed by atoms with Gasteiger partial charge in [-0.15, -0.1) is 11.3 Å². The van der Waals surface area contributed by atoms with E-state index in [0.717, 1.165) is 16.3 Å². The van der Waals surface area contributed by atoms with Crippen molar-refractivity contribution in [2.75, 3.05) is 6.54 Å². The van der Waals surface area contributed by atoms with Crippen LogP contribution in [0, 0.1) is 5.92 Å². The molecule has 0 aliphatic rings. The summed E-state index contributed by atoms with van der Waals surface area (Å²) >= 11 is 1.53. The number of hydrogen-bond acceptors (Lipinski definition) is 4. The molecule has 23 heavy (non-hydrogen) atoms. The van der Waals surface area contributed by atoms with Gasteiger partial charge in [0, 0.05) is 17.5 Å². The number of aromatic nitrogens is 1. The second kappa shape index (κ2) is 8.64. The highest BCUT2D eigenvalue weighted by molar-refractivity contribution is 7.09. The smallest absolute Gasteiger partial charge is 0.315 e. The maximum absolute atomic E-state index is 11.8. The molecule has 2 aromatic rings. The van der Waals surface area contributed by atoms with Crippen LogP contribution in [-0.2, 0) is 6.54 Å². The largest absolute Gasteiger partial charge is 0.393 e. The van der Waals surface area contributed by atoms with Crippen LogP contribution in [0.3, 0.4) is 0 Å². The van der Waals surface area contributed by atoms with E-state index < -0.39 is 0 Å². The summed E-state index contributed by atoms with van der Waals surface area (Å²) in [6.07, 6.45) is 0.328. The van der Waals surface area contributed by atoms with Crippen LogP contribution in [0.25, 0.3) is 11.3 Å². The van der Waals surface area contributed by atoms with Gasteiger partial charge in [0.1, 0.15) is 5.01 Å². The normalized spacial score (nSPS) is 13.3. The van der Waals surface area contributed by atoms with Gasteiger partial charge in [0.05, 0.1) is 18.3 Å². The maximum Gasteiger partial charge on any atom is 0.315 e. The zero-order valence-corrected chi connectivity index (χ0v) is 14.3. The lowest BCUT2D eigenvalue weighted by atomic mass is 10.1. The predicted octanol–water partition coefficient (Wildman–Crippen LogP) is 3.02. The molecule has 2 atom stereocenters. The van der Waals surface area contributed by atoms with Gasteiger partial charge in [-0.05, 0) is 19.3 Å². The van der Waals surface area contributed by atoms with Crippen LogP contribution in [-0.4, -0.2) is 28.8 Å². The zero-order chi connectivity index (χ0) is 16.7. The molecule has 1 aromatic carbocycles. The molecule has 3 N–H and O–H groups in total. The molecule has 1 aromatic heterocycles. The summed E-state index contributed by atoms with van der Waals surface area (Å²) in [6.45, 7) is 4.71. The highest BCUT2D eigenvalue weighted by atomic mass is 32.1. The van der Waals surface area contributed by atoms with Crippen LogP contribution >= 0.6 is 11.3 Å². The summed E-state index contributed by atoms with van der Waals surface area (Å²) in [4.78, 5) is 16.3. The van der Waals surface area contributed by atoms with E-state index in [9.17, 15) is 9.90 Å². The molecule has 5 nitrogen and oxygen atoms in total. The summed E-state index contributed by atoms with van der Waals surface area (Å²) in [5, 5.41) is 17.8. The number of amides is 2. The third-order valence-corrected chi connectivity index (χ3v) is 4.22. The van der Waals surface area contributed by atoms with Crippen molar-refractivity contribution in [1.82, 2.24) is 15.6 Å². The molecule has 1 heterocycles. The Hall–Kier alpha value is -1.92. The van der Waals surface area contributed by atoms with Crippen LogP contribution in [0.1, 0.15) is 25.3 Å². The molecule has 0 spiro atoms. The molecule has 0 fully saturated rings. The monoisotopic (exact) mass is 333 g/mol. The summed E-state index contributed by atoms with van der Waals surface area (Å²) in [5.41, 5.74) is 2.00. The molecule has 0 saturated carbocycles. The summed E-state index contributed by atoms with van der Waals surface area (Å²) < 4.78 is 0. The second-order valence-corrected chi connectivity index (χ2v) is 6.69. The number of nitrogens with zero attached hydrogens (tertiary/aromatic N) is 1. The highest BCUT2D eigenvalue weighted by Crippen LogP contribution is 2.21. The number of nitrogens with one attached hydrogen (secondary N) is 2. The van der Waals surface area contributed by atoms with Crippen molar-refractivity contribution >= 4 is 17.4 Å². The minimum atomic E-state index is -0.346. The van der Waals surface area contributed by atoms with E-state index in [2.05, 4.69) is 15.6 Å². The van der Waals surface area contributed by atoms with Crippen molar-refractivity contribution in [3.05, 3.63) is 40.7 Å². The fraction of sp³-hybridized carbons (Fsp3) is 0.412. The molecule has 124 valence electrons. The van der Waals surface area contributed by atoms with Gasteiger partial charge in [0.15, 0.2) is 0 Å². The average molecular weight is 333 g/mol. The molecule has 2 unspecified atom stereocenters. The van der Waals surface area contributed by atoms with Crippen molar-refractivity contribution in [3.63, 3.8) is 0 Å². The number of aliphatic hydroxyl groups excluding tert-OH is 1. The summed E-state index contributed by atoms with van der Waals surface area (Å²) in [6, 6.07) is 9.76. The molecule has 6 heteroatoms. The number of hydrogen-bond donors (Lipinski definition) is 3. The summed E-state index contributed by atoms with van der Waals surface area (Å²) in [5.74, 6) is 0.241. The number of aliphatic hydroxyl groups is 1. The Morgan fingerprint density at radius 1 is 1.26 bits per heavy atom. The first-order valence-corrected chi connectivity index (χ1v) is 8.62. The van der Waals surface area contributed by atoms with Crippen LogP contribution in [0.2, 0.25) is 0 Å². The number of carbonyl (C=O) groups excluding carboxylic acids is 1. The van der Waals surface area contributed by atoms with Crippen LogP contribution < -0.4 is 10.6 Å². The van der Waals surface area contributed by atoms with E-state index in [-0.39, 0.29) is 18.1 Å². The molecular formula is C17H23N3O2S. The summed E-state index contributed by atoms with van der Waals surface area (Å²) in [7, 11) is 0. The maximum atomic E-state index is 11.8. The Morgan fingerprint density at radius 3 is 2.70 bits per heavy atom. The lowest BCUT2D eigenvalue weighted by Gasteiger charge is -2.14. The number of urea groups is 1. The lowest BCUT2D eigenvalue weighted by molar-refractivity contribution is 0.163. The molecule has 0 saturated heterocycles. The number of carbonyl (C=O) groups is 1. The zero-order valence-electron chi connectivity index (χ0n) is 13.5. The fourth-order valence-electron chi connectivity index (χ4n) is 2.28. The third kappa shape index (κ3) is 6.00. The van der Waals surface area contributed by atoms with Gasteiger partial charge < -0.3 is 15.7 Å². The van der Waals surface area contributed by atoms with E-state index in [1.54, 1.807) is 6.92 Å². The predicted molar refractivity (Wildman–Crippen MR) is 93.3 cm³/mol. The van der Waals surface area contributed by atoms with E-state index in [0.29, 0.717) is 19.5 Å². The molecule has 2 amide bonds. The molecule has 2 rings (SSSR count). The second-order valence-electron chi connectivity index (χ2n) is 5.75. The van der Waals surface area contributed by atoms with Gasteiger partial charge in [0.2, 0.25) is 0 Å². The molecule has 0 radical (unpaired) electrons. The van der Waals surface area contributed by atoms with Gasteiger partial charge >= 0.3 is 6.03 Å². The first-order chi connectivity index (χ1) is 11.0. The number of benzene rings is 1. The topological polar surface area (TPSA) is 74.2 Å². The Morgan fingerprint density at radius 2 is 2.00 bits per heavy atom. The lowest BCUT2D eigenvalue weighted by Crippen LogP contribution is -2.37.